The molecule has 1 heterocycles. The molecule has 1 aliphatic rings. The molecule has 1 nitrogen and oxygen atoms in total. The van der Waals surface area contributed by atoms with E-state index < -0.39 is 0 Å². The van der Waals surface area contributed by atoms with Crippen LogP contribution in [-0.2, 0) is 4.74 Å². The second-order valence-corrected chi connectivity index (χ2v) is 4.24. The third-order valence-electron chi connectivity index (χ3n) is 2.02. The second-order valence-electron chi connectivity index (χ2n) is 4.24. The normalized spacial score (nSPS) is 21.5. The smallest absolute Gasteiger partial charge is 0.121 e. The molecule has 68 valence electrons. The first-order chi connectivity index (χ1) is 5.42. The van der Waals surface area contributed by atoms with E-state index in [0.717, 1.165) is 5.76 Å². The quantitative estimate of drug-likeness (QED) is 0.581. The van der Waals surface area contributed by atoms with Gasteiger partial charge in [-0.05, 0) is 32.4 Å². The Labute approximate surface area is 75.1 Å². The van der Waals surface area contributed by atoms with Crippen molar-refractivity contribution in [2.75, 3.05) is 0 Å². The van der Waals surface area contributed by atoms with Gasteiger partial charge in [0.15, 0.2) is 0 Å². The standard InChI is InChI=1S/C11H18O/c1-8(2)10-9(3)6-7-11(4,5)12-10/h6-8H,1-5H3. The van der Waals surface area contributed by atoms with E-state index in [9.17, 15) is 0 Å². The van der Waals surface area contributed by atoms with Crippen molar-refractivity contribution >= 4 is 0 Å². The molecule has 0 amide bonds. The molecule has 0 bridgehead atoms. The summed E-state index contributed by atoms with van der Waals surface area (Å²) in [6, 6.07) is 0. The zero-order chi connectivity index (χ0) is 9.35. The minimum Gasteiger partial charge on any atom is -0.488 e. The molecule has 1 aliphatic heterocycles. The fourth-order valence-electron chi connectivity index (χ4n) is 1.38. The Morgan fingerprint density at radius 2 is 1.92 bits per heavy atom. The molecule has 0 N–H and O–H groups in total. The summed E-state index contributed by atoms with van der Waals surface area (Å²) in [4.78, 5) is 0. The molecule has 0 radical (unpaired) electrons. The van der Waals surface area contributed by atoms with Crippen LogP contribution in [-0.4, -0.2) is 5.60 Å². The predicted octanol–water partition coefficient (Wildman–Crippen LogP) is 3.28. The number of hydrogen-bond acceptors (Lipinski definition) is 1. The van der Waals surface area contributed by atoms with E-state index in [0.29, 0.717) is 5.92 Å². The highest BCUT2D eigenvalue weighted by atomic mass is 16.5. The van der Waals surface area contributed by atoms with Crippen LogP contribution in [0.1, 0.15) is 34.6 Å². The summed E-state index contributed by atoms with van der Waals surface area (Å²) in [7, 11) is 0. The van der Waals surface area contributed by atoms with Gasteiger partial charge in [-0.1, -0.05) is 19.9 Å². The van der Waals surface area contributed by atoms with Crippen LogP contribution < -0.4 is 0 Å². The first-order valence-corrected chi connectivity index (χ1v) is 4.51. The molecule has 0 aliphatic carbocycles. The molecule has 0 aromatic rings. The summed E-state index contributed by atoms with van der Waals surface area (Å²) in [5.41, 5.74) is 1.13. The summed E-state index contributed by atoms with van der Waals surface area (Å²) in [6.45, 7) is 10.6. The molecule has 0 aromatic carbocycles. The van der Waals surface area contributed by atoms with Gasteiger partial charge in [0.25, 0.3) is 0 Å². The average Bonchev–Trinajstić information content (AvgIpc) is 1.94. The van der Waals surface area contributed by atoms with Gasteiger partial charge in [0.1, 0.15) is 11.4 Å². The SMILES string of the molecule is CC1=C(C(C)C)OC(C)(C)C=C1. The van der Waals surface area contributed by atoms with Crippen molar-refractivity contribution in [2.45, 2.75) is 40.2 Å². The average molecular weight is 166 g/mol. The Morgan fingerprint density at radius 1 is 1.33 bits per heavy atom. The van der Waals surface area contributed by atoms with Crippen molar-refractivity contribution < 1.29 is 4.74 Å². The van der Waals surface area contributed by atoms with E-state index in [1.165, 1.54) is 5.57 Å². The molecule has 0 saturated heterocycles. The zero-order valence-electron chi connectivity index (χ0n) is 8.64. The minimum absolute atomic E-state index is 0.126. The lowest BCUT2D eigenvalue weighted by molar-refractivity contribution is 0.0562. The predicted molar refractivity (Wildman–Crippen MR) is 51.8 cm³/mol. The molecule has 0 aromatic heterocycles. The topological polar surface area (TPSA) is 9.23 Å². The Balaban J connectivity index is 2.91. The van der Waals surface area contributed by atoms with Gasteiger partial charge < -0.3 is 4.74 Å². The first kappa shape index (κ1) is 9.37. The molecule has 12 heavy (non-hydrogen) atoms. The van der Waals surface area contributed by atoms with Crippen LogP contribution in [0.2, 0.25) is 0 Å². The van der Waals surface area contributed by atoms with Gasteiger partial charge >= 0.3 is 0 Å². The first-order valence-electron chi connectivity index (χ1n) is 4.51. The van der Waals surface area contributed by atoms with Gasteiger partial charge in [-0.3, -0.25) is 0 Å². The van der Waals surface area contributed by atoms with Gasteiger partial charge in [-0.2, -0.15) is 0 Å². The van der Waals surface area contributed by atoms with Gasteiger partial charge in [0, 0.05) is 5.92 Å². The van der Waals surface area contributed by atoms with Crippen molar-refractivity contribution in [2.24, 2.45) is 5.92 Å². The monoisotopic (exact) mass is 166 g/mol. The fourth-order valence-corrected chi connectivity index (χ4v) is 1.38. The zero-order valence-corrected chi connectivity index (χ0v) is 8.64. The molecule has 0 atom stereocenters. The van der Waals surface area contributed by atoms with Crippen molar-refractivity contribution in [3.63, 3.8) is 0 Å². The van der Waals surface area contributed by atoms with E-state index in [1.807, 2.05) is 0 Å². The summed E-state index contributed by atoms with van der Waals surface area (Å²) < 4.78 is 5.84. The number of hydrogen-bond donors (Lipinski definition) is 0. The summed E-state index contributed by atoms with van der Waals surface area (Å²) in [6.07, 6.45) is 4.26. The lowest BCUT2D eigenvalue weighted by Gasteiger charge is -2.31. The van der Waals surface area contributed by atoms with Crippen molar-refractivity contribution in [3.05, 3.63) is 23.5 Å². The third-order valence-corrected chi connectivity index (χ3v) is 2.02. The maximum Gasteiger partial charge on any atom is 0.121 e. The Kier molecular flexibility index (Phi) is 2.31. The minimum atomic E-state index is -0.126. The summed E-state index contributed by atoms with van der Waals surface area (Å²) in [5.74, 6) is 1.61. The second kappa shape index (κ2) is 2.96. The lowest BCUT2D eigenvalue weighted by atomic mass is 9.99. The number of allylic oxidation sites excluding steroid dienone is 3. The highest BCUT2D eigenvalue weighted by molar-refractivity contribution is 5.27. The van der Waals surface area contributed by atoms with Gasteiger partial charge in [0.2, 0.25) is 0 Å². The molecule has 0 unspecified atom stereocenters. The van der Waals surface area contributed by atoms with Crippen LogP contribution in [0.3, 0.4) is 0 Å². The Bertz CT molecular complexity index is 231. The van der Waals surface area contributed by atoms with Crippen molar-refractivity contribution in [3.8, 4) is 0 Å². The maximum absolute atomic E-state index is 5.84. The fraction of sp³-hybridized carbons (Fsp3) is 0.636. The van der Waals surface area contributed by atoms with E-state index in [-0.39, 0.29) is 5.60 Å². The van der Waals surface area contributed by atoms with E-state index >= 15 is 0 Å². The van der Waals surface area contributed by atoms with Crippen LogP contribution in [0.5, 0.6) is 0 Å². The lowest BCUT2D eigenvalue weighted by Crippen LogP contribution is -2.25. The van der Waals surface area contributed by atoms with Crippen LogP contribution in [0.25, 0.3) is 0 Å². The van der Waals surface area contributed by atoms with Crippen molar-refractivity contribution in [1.82, 2.24) is 0 Å². The molecule has 0 fully saturated rings. The highest BCUT2D eigenvalue weighted by Gasteiger charge is 2.23. The molecular weight excluding hydrogens is 148 g/mol. The van der Waals surface area contributed by atoms with Gasteiger partial charge in [-0.25, -0.2) is 0 Å². The number of ether oxygens (including phenoxy) is 1. The molecule has 0 spiro atoms. The third kappa shape index (κ3) is 1.90. The largest absolute Gasteiger partial charge is 0.488 e. The Hall–Kier alpha value is -0.720. The van der Waals surface area contributed by atoms with E-state index in [4.69, 9.17) is 4.74 Å². The molecule has 1 rings (SSSR count). The van der Waals surface area contributed by atoms with Gasteiger partial charge in [-0.15, -0.1) is 0 Å². The number of rotatable bonds is 1. The maximum atomic E-state index is 5.84. The Morgan fingerprint density at radius 3 is 2.33 bits per heavy atom. The highest BCUT2D eigenvalue weighted by Crippen LogP contribution is 2.29. The van der Waals surface area contributed by atoms with E-state index in [1.54, 1.807) is 0 Å². The van der Waals surface area contributed by atoms with Gasteiger partial charge in [0.05, 0.1) is 0 Å². The van der Waals surface area contributed by atoms with Crippen LogP contribution in [0.15, 0.2) is 23.5 Å². The molecular formula is C11H18O. The van der Waals surface area contributed by atoms with E-state index in [2.05, 4.69) is 46.8 Å². The van der Waals surface area contributed by atoms with Crippen LogP contribution in [0.4, 0.5) is 0 Å². The molecule has 0 saturated carbocycles. The summed E-state index contributed by atoms with van der Waals surface area (Å²) in [5, 5.41) is 0. The van der Waals surface area contributed by atoms with Crippen LogP contribution >= 0.6 is 0 Å². The molecule has 1 heteroatoms. The van der Waals surface area contributed by atoms with Crippen molar-refractivity contribution in [1.29, 1.82) is 0 Å². The summed E-state index contributed by atoms with van der Waals surface area (Å²) >= 11 is 0. The van der Waals surface area contributed by atoms with Crippen LogP contribution in [0, 0.1) is 5.92 Å².